The fourth-order valence-electron chi connectivity index (χ4n) is 4.30. The van der Waals surface area contributed by atoms with Gasteiger partial charge in [-0.3, -0.25) is 14.0 Å². The van der Waals surface area contributed by atoms with E-state index in [2.05, 4.69) is 10.1 Å². The topological polar surface area (TPSA) is 68.1 Å². The van der Waals surface area contributed by atoms with Crippen LogP contribution in [-0.4, -0.2) is 23.2 Å². The van der Waals surface area contributed by atoms with Gasteiger partial charge in [0.25, 0.3) is 10.0 Å². The fourth-order valence-corrected chi connectivity index (χ4v) is 5.84. The van der Waals surface area contributed by atoms with Gasteiger partial charge in [0.15, 0.2) is 5.82 Å². The lowest BCUT2D eigenvalue weighted by molar-refractivity contribution is 0.548. The van der Waals surface area contributed by atoms with Crippen LogP contribution in [0.3, 0.4) is 0 Å². The molecule has 0 spiro atoms. The molecule has 3 aromatic carbocycles. The van der Waals surface area contributed by atoms with Crippen LogP contribution in [0.15, 0.2) is 96.3 Å². The Kier molecular flexibility index (Phi) is 7.40. The van der Waals surface area contributed by atoms with Crippen molar-refractivity contribution in [2.75, 3.05) is 4.31 Å². The third kappa shape index (κ3) is 5.07. The molecule has 0 bridgehead atoms. The molecular formula is C29H22F4N4O2S. The molecule has 0 aliphatic rings. The van der Waals surface area contributed by atoms with E-state index < -0.39 is 56.0 Å². The number of benzene rings is 3. The SMILES string of the molecule is CCn1cc(-c2ccncc2)c(-c2c(F)ccc(N(Cc3ccccc3)S(=O)(=O)c3cc(F)ccc3F)c2F)n1. The summed E-state index contributed by atoms with van der Waals surface area (Å²) in [5.74, 6) is -4.42. The number of pyridine rings is 1. The Labute approximate surface area is 228 Å². The molecule has 2 aromatic heterocycles. The largest absolute Gasteiger partial charge is 0.272 e. The number of aromatic nitrogens is 3. The molecule has 0 aliphatic carbocycles. The van der Waals surface area contributed by atoms with E-state index in [-0.39, 0.29) is 5.69 Å². The van der Waals surface area contributed by atoms with E-state index in [1.165, 1.54) is 17.1 Å². The molecule has 204 valence electrons. The van der Waals surface area contributed by atoms with Crippen molar-refractivity contribution in [2.45, 2.75) is 24.9 Å². The molecule has 0 amide bonds. The molecule has 0 atom stereocenters. The number of anilines is 1. The van der Waals surface area contributed by atoms with Gasteiger partial charge in [0, 0.05) is 30.7 Å². The van der Waals surface area contributed by atoms with Crippen molar-refractivity contribution in [1.29, 1.82) is 0 Å². The minimum absolute atomic E-state index is 0.0566. The van der Waals surface area contributed by atoms with Gasteiger partial charge in [0.1, 0.15) is 28.0 Å². The van der Waals surface area contributed by atoms with Gasteiger partial charge in [-0.05, 0) is 60.5 Å². The molecule has 5 aromatic rings. The van der Waals surface area contributed by atoms with Crippen molar-refractivity contribution in [3.05, 3.63) is 120 Å². The van der Waals surface area contributed by atoms with Gasteiger partial charge in [0.2, 0.25) is 0 Å². The van der Waals surface area contributed by atoms with Crippen LogP contribution in [0.4, 0.5) is 23.2 Å². The first-order chi connectivity index (χ1) is 19.2. The molecule has 6 nitrogen and oxygen atoms in total. The van der Waals surface area contributed by atoms with E-state index in [9.17, 15) is 17.2 Å². The number of aryl methyl sites for hydroxylation is 1. The average molecular weight is 567 g/mol. The van der Waals surface area contributed by atoms with Crippen LogP contribution >= 0.6 is 0 Å². The van der Waals surface area contributed by atoms with Crippen LogP contribution in [-0.2, 0) is 23.1 Å². The summed E-state index contributed by atoms with van der Waals surface area (Å²) in [6.07, 6.45) is 4.66. The lowest BCUT2D eigenvalue weighted by atomic mass is 10.0. The Morgan fingerprint density at radius 1 is 0.875 bits per heavy atom. The summed E-state index contributed by atoms with van der Waals surface area (Å²) < 4.78 is 90.2. The first kappa shape index (κ1) is 27.1. The van der Waals surface area contributed by atoms with Crippen molar-refractivity contribution >= 4 is 15.7 Å². The van der Waals surface area contributed by atoms with E-state index in [1.54, 1.807) is 55.6 Å². The van der Waals surface area contributed by atoms with Gasteiger partial charge in [-0.15, -0.1) is 0 Å². The zero-order valence-corrected chi connectivity index (χ0v) is 21.9. The molecular weight excluding hydrogens is 544 g/mol. The second-order valence-corrected chi connectivity index (χ2v) is 10.6. The standard InChI is InChI=1S/C29H22F4N4O2S/c1-2-36-18-22(20-12-14-34-15-13-20)29(35-36)27-24(32)10-11-25(28(27)33)37(17-19-6-4-3-5-7-19)40(38,39)26-16-21(30)8-9-23(26)31/h3-16,18H,2,17H2,1H3. The molecule has 0 saturated heterocycles. The summed E-state index contributed by atoms with van der Waals surface area (Å²) >= 11 is 0. The second-order valence-electron chi connectivity index (χ2n) is 8.81. The Hall–Kier alpha value is -4.51. The summed E-state index contributed by atoms with van der Waals surface area (Å²) in [6.45, 7) is 1.76. The molecule has 0 saturated carbocycles. The van der Waals surface area contributed by atoms with Gasteiger partial charge < -0.3 is 0 Å². The second kappa shape index (κ2) is 10.9. The lowest BCUT2D eigenvalue weighted by Gasteiger charge is -2.26. The molecule has 5 rings (SSSR count). The van der Waals surface area contributed by atoms with Crippen molar-refractivity contribution in [2.24, 2.45) is 0 Å². The van der Waals surface area contributed by atoms with Crippen molar-refractivity contribution in [3.8, 4) is 22.4 Å². The number of halogens is 4. The number of rotatable bonds is 8. The quantitative estimate of drug-likeness (QED) is 0.199. The number of hydrogen-bond donors (Lipinski definition) is 0. The monoisotopic (exact) mass is 566 g/mol. The van der Waals surface area contributed by atoms with E-state index in [4.69, 9.17) is 0 Å². The average Bonchev–Trinajstić information content (AvgIpc) is 3.38. The van der Waals surface area contributed by atoms with Crippen LogP contribution < -0.4 is 4.31 Å². The predicted molar refractivity (Wildman–Crippen MR) is 143 cm³/mol. The zero-order chi connectivity index (χ0) is 28.4. The normalized spacial score (nSPS) is 11.5. The van der Waals surface area contributed by atoms with Crippen LogP contribution in [0.1, 0.15) is 12.5 Å². The third-order valence-electron chi connectivity index (χ3n) is 6.28. The minimum atomic E-state index is -4.88. The van der Waals surface area contributed by atoms with Gasteiger partial charge in [-0.2, -0.15) is 5.10 Å². The first-order valence-electron chi connectivity index (χ1n) is 12.2. The molecule has 0 radical (unpaired) electrons. The van der Waals surface area contributed by atoms with Gasteiger partial charge >= 0.3 is 0 Å². The molecule has 0 fully saturated rings. The summed E-state index contributed by atoms with van der Waals surface area (Å²) in [5.41, 5.74) is 0.234. The maximum atomic E-state index is 16.4. The third-order valence-corrected chi connectivity index (χ3v) is 8.06. The van der Waals surface area contributed by atoms with Gasteiger partial charge in [-0.1, -0.05) is 30.3 Å². The van der Waals surface area contributed by atoms with Crippen molar-refractivity contribution in [3.63, 3.8) is 0 Å². The Balaban J connectivity index is 1.74. The van der Waals surface area contributed by atoms with Crippen LogP contribution in [0, 0.1) is 23.3 Å². The lowest BCUT2D eigenvalue weighted by Crippen LogP contribution is -2.32. The first-order valence-corrected chi connectivity index (χ1v) is 13.6. The summed E-state index contributed by atoms with van der Waals surface area (Å²) in [5, 5.41) is 4.37. The maximum Gasteiger partial charge on any atom is 0.267 e. The molecule has 11 heteroatoms. The van der Waals surface area contributed by atoms with Gasteiger partial charge in [0.05, 0.1) is 17.8 Å². The Bertz CT molecular complexity index is 1780. The Morgan fingerprint density at radius 3 is 2.27 bits per heavy atom. The highest BCUT2D eigenvalue weighted by molar-refractivity contribution is 7.92. The Morgan fingerprint density at radius 2 is 1.57 bits per heavy atom. The maximum absolute atomic E-state index is 16.4. The highest BCUT2D eigenvalue weighted by Crippen LogP contribution is 2.39. The van der Waals surface area contributed by atoms with E-state index in [1.807, 2.05) is 0 Å². The predicted octanol–water partition coefficient (Wildman–Crippen LogP) is 6.58. The van der Waals surface area contributed by atoms with Crippen molar-refractivity contribution < 1.29 is 26.0 Å². The highest BCUT2D eigenvalue weighted by atomic mass is 32.2. The highest BCUT2D eigenvalue weighted by Gasteiger charge is 2.33. The molecule has 0 unspecified atom stereocenters. The molecule has 0 aliphatic heterocycles. The summed E-state index contributed by atoms with van der Waals surface area (Å²) in [7, 11) is -4.88. The number of nitrogens with zero attached hydrogens (tertiary/aromatic N) is 4. The van der Waals surface area contributed by atoms with Crippen LogP contribution in [0.5, 0.6) is 0 Å². The molecule has 40 heavy (non-hydrogen) atoms. The van der Waals surface area contributed by atoms with E-state index in [0.29, 0.717) is 39.7 Å². The van der Waals surface area contributed by atoms with Crippen molar-refractivity contribution in [1.82, 2.24) is 14.8 Å². The smallest absolute Gasteiger partial charge is 0.267 e. The number of sulfonamides is 1. The summed E-state index contributed by atoms with van der Waals surface area (Å²) in [4.78, 5) is 2.99. The number of hydrogen-bond acceptors (Lipinski definition) is 4. The minimum Gasteiger partial charge on any atom is -0.272 e. The van der Waals surface area contributed by atoms with E-state index >= 15 is 8.78 Å². The molecule has 0 N–H and O–H groups in total. The zero-order valence-electron chi connectivity index (χ0n) is 21.1. The van der Waals surface area contributed by atoms with Gasteiger partial charge in [-0.25, -0.2) is 26.0 Å². The molecule has 2 heterocycles. The van der Waals surface area contributed by atoms with Crippen LogP contribution in [0.2, 0.25) is 0 Å². The van der Waals surface area contributed by atoms with Crippen LogP contribution in [0.25, 0.3) is 22.4 Å². The fraction of sp³-hybridized carbons (Fsp3) is 0.103. The van der Waals surface area contributed by atoms with E-state index in [0.717, 1.165) is 18.2 Å². The summed E-state index contributed by atoms with van der Waals surface area (Å²) in [6, 6.07) is 15.3.